The normalized spacial score (nSPS) is 9.62. The van der Waals surface area contributed by atoms with Gasteiger partial charge in [-0.25, -0.2) is 0 Å². The van der Waals surface area contributed by atoms with Crippen LogP contribution in [0.4, 0.5) is 0 Å². The van der Waals surface area contributed by atoms with Gasteiger partial charge < -0.3 is 0 Å². The van der Waals surface area contributed by atoms with Crippen molar-refractivity contribution in [2.75, 3.05) is 4.43 Å². The molecular formula is C10H9IO2. The third-order valence-corrected chi connectivity index (χ3v) is 2.45. The van der Waals surface area contributed by atoms with Crippen LogP contribution < -0.4 is 0 Å². The first-order valence-electron chi connectivity index (χ1n) is 3.90. The molecule has 0 fully saturated rings. The molecule has 0 atom stereocenters. The van der Waals surface area contributed by atoms with E-state index < -0.39 is 0 Å². The summed E-state index contributed by atoms with van der Waals surface area (Å²) >= 11 is 1.96. The summed E-state index contributed by atoms with van der Waals surface area (Å²) in [6.07, 6.45) is 0.0208. The minimum absolute atomic E-state index is 0.0190. The molecule has 2 nitrogen and oxygen atoms in total. The Morgan fingerprint density at radius 1 is 1.15 bits per heavy atom. The van der Waals surface area contributed by atoms with Crippen LogP contribution in [0.5, 0.6) is 0 Å². The van der Waals surface area contributed by atoms with Crippen molar-refractivity contribution < 1.29 is 9.59 Å². The molecular weight excluding hydrogens is 279 g/mol. The van der Waals surface area contributed by atoms with E-state index in [2.05, 4.69) is 0 Å². The van der Waals surface area contributed by atoms with E-state index in [1.807, 2.05) is 28.7 Å². The summed E-state index contributed by atoms with van der Waals surface area (Å²) in [7, 11) is 0. The summed E-state index contributed by atoms with van der Waals surface area (Å²) in [6.45, 7) is 0. The van der Waals surface area contributed by atoms with Crippen LogP contribution in [-0.2, 0) is 4.79 Å². The number of carbonyl (C=O) groups excluding carboxylic acids is 2. The second-order valence-electron chi connectivity index (χ2n) is 2.64. The molecule has 0 aliphatic carbocycles. The van der Waals surface area contributed by atoms with Gasteiger partial charge in [-0.15, -0.1) is 0 Å². The predicted octanol–water partition coefficient (Wildman–Crippen LogP) is 2.26. The first kappa shape index (κ1) is 10.4. The highest BCUT2D eigenvalue weighted by Gasteiger charge is 2.09. The van der Waals surface area contributed by atoms with E-state index in [-0.39, 0.29) is 18.0 Å². The Bertz CT molecular complexity index is 306. The van der Waals surface area contributed by atoms with Gasteiger partial charge in [0.25, 0.3) is 0 Å². The third-order valence-electron chi connectivity index (χ3n) is 1.60. The topological polar surface area (TPSA) is 34.1 Å². The Kier molecular flexibility index (Phi) is 4.08. The van der Waals surface area contributed by atoms with Gasteiger partial charge in [-0.2, -0.15) is 0 Å². The van der Waals surface area contributed by atoms with Crippen LogP contribution >= 0.6 is 22.6 Å². The van der Waals surface area contributed by atoms with Crippen LogP contribution in [0.15, 0.2) is 30.3 Å². The molecule has 0 aromatic heterocycles. The monoisotopic (exact) mass is 288 g/mol. The quantitative estimate of drug-likeness (QED) is 0.368. The number of alkyl halides is 1. The molecule has 13 heavy (non-hydrogen) atoms. The molecule has 0 aliphatic heterocycles. The number of benzene rings is 1. The van der Waals surface area contributed by atoms with Crippen LogP contribution in [-0.4, -0.2) is 16.0 Å². The summed E-state index contributed by atoms with van der Waals surface area (Å²) in [5.41, 5.74) is 0.612. The Morgan fingerprint density at radius 2 is 1.77 bits per heavy atom. The highest BCUT2D eigenvalue weighted by molar-refractivity contribution is 14.1. The molecule has 0 unspecified atom stereocenters. The van der Waals surface area contributed by atoms with Gasteiger partial charge in [0.15, 0.2) is 5.78 Å². The van der Waals surface area contributed by atoms with Crippen molar-refractivity contribution in [3.05, 3.63) is 35.9 Å². The summed E-state index contributed by atoms with van der Waals surface area (Å²) < 4.78 is 0.399. The maximum absolute atomic E-state index is 11.4. The molecule has 0 amide bonds. The van der Waals surface area contributed by atoms with Gasteiger partial charge in [0.1, 0.15) is 5.78 Å². The van der Waals surface area contributed by atoms with Crippen LogP contribution in [0.3, 0.4) is 0 Å². The zero-order valence-corrected chi connectivity index (χ0v) is 9.15. The number of hydrogen-bond acceptors (Lipinski definition) is 2. The molecule has 0 heterocycles. The summed E-state index contributed by atoms with van der Waals surface area (Å²) in [4.78, 5) is 22.4. The van der Waals surface area contributed by atoms with Crippen molar-refractivity contribution in [2.24, 2.45) is 0 Å². The van der Waals surface area contributed by atoms with Gasteiger partial charge in [0.05, 0.1) is 10.8 Å². The van der Waals surface area contributed by atoms with Gasteiger partial charge in [0.2, 0.25) is 0 Å². The van der Waals surface area contributed by atoms with Crippen molar-refractivity contribution in [1.29, 1.82) is 0 Å². The lowest BCUT2D eigenvalue weighted by Gasteiger charge is -1.97. The number of Topliss-reactive ketones (excluding diaryl/α,β-unsaturated/α-hetero) is 2. The number of hydrogen-bond donors (Lipinski definition) is 0. The van der Waals surface area contributed by atoms with E-state index >= 15 is 0 Å². The average Bonchev–Trinajstić information content (AvgIpc) is 2.19. The van der Waals surface area contributed by atoms with Gasteiger partial charge in [-0.05, 0) is 0 Å². The molecule has 0 radical (unpaired) electrons. The summed E-state index contributed by atoms with van der Waals surface area (Å²) in [5, 5.41) is 0. The standard InChI is InChI=1S/C10H9IO2/c11-7-9(12)6-10(13)8-4-2-1-3-5-8/h1-5H,6-7H2. The fraction of sp³-hybridized carbons (Fsp3) is 0.200. The fourth-order valence-corrected chi connectivity index (χ4v) is 1.22. The molecule has 0 bridgehead atoms. The molecule has 0 saturated heterocycles. The van der Waals surface area contributed by atoms with Crippen molar-refractivity contribution in [3.63, 3.8) is 0 Å². The van der Waals surface area contributed by atoms with Crippen molar-refractivity contribution in [1.82, 2.24) is 0 Å². The molecule has 1 aromatic carbocycles. The van der Waals surface area contributed by atoms with Crippen molar-refractivity contribution in [3.8, 4) is 0 Å². The zero-order chi connectivity index (χ0) is 9.68. The van der Waals surface area contributed by atoms with E-state index in [0.29, 0.717) is 9.99 Å². The van der Waals surface area contributed by atoms with Crippen LogP contribution in [0, 0.1) is 0 Å². The maximum atomic E-state index is 11.4. The molecule has 1 rings (SSSR count). The lowest BCUT2D eigenvalue weighted by atomic mass is 10.1. The lowest BCUT2D eigenvalue weighted by molar-refractivity contribution is -0.115. The third kappa shape index (κ3) is 3.26. The lowest BCUT2D eigenvalue weighted by Crippen LogP contribution is -2.08. The second-order valence-corrected chi connectivity index (χ2v) is 3.40. The SMILES string of the molecule is O=C(CI)CC(=O)c1ccccc1. The van der Waals surface area contributed by atoms with Gasteiger partial charge >= 0.3 is 0 Å². The average molecular weight is 288 g/mol. The molecule has 0 aliphatic rings. The minimum Gasteiger partial charge on any atom is -0.298 e. The first-order valence-corrected chi connectivity index (χ1v) is 5.42. The molecule has 68 valence electrons. The number of carbonyl (C=O) groups is 2. The van der Waals surface area contributed by atoms with E-state index in [9.17, 15) is 9.59 Å². The zero-order valence-electron chi connectivity index (χ0n) is 7.00. The first-order chi connectivity index (χ1) is 6.24. The van der Waals surface area contributed by atoms with E-state index in [0.717, 1.165) is 0 Å². The highest BCUT2D eigenvalue weighted by atomic mass is 127. The van der Waals surface area contributed by atoms with Crippen LogP contribution in [0.25, 0.3) is 0 Å². The molecule has 3 heteroatoms. The smallest absolute Gasteiger partial charge is 0.170 e. The van der Waals surface area contributed by atoms with E-state index in [1.165, 1.54) is 0 Å². The number of ketones is 2. The van der Waals surface area contributed by atoms with E-state index in [1.54, 1.807) is 24.3 Å². The minimum atomic E-state index is -0.0951. The second kappa shape index (κ2) is 5.11. The highest BCUT2D eigenvalue weighted by Crippen LogP contribution is 2.04. The van der Waals surface area contributed by atoms with Gasteiger partial charge in [0, 0.05) is 5.56 Å². The molecule has 1 aromatic rings. The van der Waals surface area contributed by atoms with Crippen molar-refractivity contribution >= 4 is 34.2 Å². The van der Waals surface area contributed by atoms with Crippen LogP contribution in [0.1, 0.15) is 16.8 Å². The Hall–Kier alpha value is -0.710. The fourth-order valence-electron chi connectivity index (χ4n) is 0.952. The molecule has 0 saturated carbocycles. The van der Waals surface area contributed by atoms with E-state index in [4.69, 9.17) is 0 Å². The summed E-state index contributed by atoms with van der Waals surface area (Å²) in [5.74, 6) is -0.114. The maximum Gasteiger partial charge on any atom is 0.170 e. The molecule has 0 N–H and O–H groups in total. The largest absolute Gasteiger partial charge is 0.298 e. The Labute approximate surface area is 90.5 Å². The Morgan fingerprint density at radius 3 is 2.31 bits per heavy atom. The van der Waals surface area contributed by atoms with Gasteiger partial charge in [-0.3, -0.25) is 9.59 Å². The number of halogens is 1. The van der Waals surface area contributed by atoms with Gasteiger partial charge in [-0.1, -0.05) is 52.9 Å². The van der Waals surface area contributed by atoms with Crippen LogP contribution in [0.2, 0.25) is 0 Å². The Balaban J connectivity index is 2.65. The van der Waals surface area contributed by atoms with Crippen molar-refractivity contribution in [2.45, 2.75) is 6.42 Å². The summed E-state index contributed by atoms with van der Waals surface area (Å²) in [6, 6.07) is 8.88. The molecule has 0 spiro atoms. The number of rotatable bonds is 4. The predicted molar refractivity (Wildman–Crippen MR) is 59.3 cm³/mol.